The van der Waals surface area contributed by atoms with Crippen LogP contribution in [0.4, 0.5) is 0 Å². The lowest BCUT2D eigenvalue weighted by Gasteiger charge is -2.28. The number of rotatable bonds is 3. The van der Waals surface area contributed by atoms with Gasteiger partial charge in [0.1, 0.15) is 18.3 Å². The molecule has 0 radical (unpaired) electrons. The lowest BCUT2D eigenvalue weighted by atomic mass is 10.1. The van der Waals surface area contributed by atoms with Crippen LogP contribution in [0.2, 0.25) is 0 Å². The molecule has 114 valence electrons. The van der Waals surface area contributed by atoms with Crippen LogP contribution in [-0.2, 0) is 4.74 Å². The Labute approximate surface area is 136 Å². The largest absolute Gasteiger partial charge is 0.388 e. The van der Waals surface area contributed by atoms with E-state index < -0.39 is 12.2 Å². The van der Waals surface area contributed by atoms with E-state index in [-0.39, 0.29) is 16.8 Å². The van der Waals surface area contributed by atoms with Crippen LogP contribution in [0.15, 0.2) is 29.2 Å². The van der Waals surface area contributed by atoms with E-state index in [9.17, 15) is 10.2 Å². The first-order valence-electron chi connectivity index (χ1n) is 6.63. The van der Waals surface area contributed by atoms with Crippen LogP contribution >= 0.6 is 35.3 Å². The molecule has 5 atom stereocenters. The Kier molecular flexibility index (Phi) is 4.87. The zero-order valence-electron chi connectivity index (χ0n) is 11.4. The van der Waals surface area contributed by atoms with Gasteiger partial charge in [0, 0.05) is 16.2 Å². The molecule has 0 aliphatic carbocycles. The summed E-state index contributed by atoms with van der Waals surface area (Å²) < 4.78 is 5.79. The predicted molar refractivity (Wildman–Crippen MR) is 89.6 cm³/mol. The SMILES string of the molecule is CSC(=N)c1ccc(S[C@H]2SC[C@H]3O[C@@H]2[C@@H](O)[C@@H]3O)cc1. The second-order valence-electron chi connectivity index (χ2n) is 5.00. The summed E-state index contributed by atoms with van der Waals surface area (Å²) in [7, 11) is 0. The monoisotopic (exact) mass is 343 g/mol. The average molecular weight is 343 g/mol. The van der Waals surface area contributed by atoms with Crippen molar-refractivity contribution in [3.63, 3.8) is 0 Å². The highest BCUT2D eigenvalue weighted by molar-refractivity contribution is 8.17. The summed E-state index contributed by atoms with van der Waals surface area (Å²) in [5, 5.41) is 28.2. The van der Waals surface area contributed by atoms with Gasteiger partial charge in [-0.2, -0.15) is 0 Å². The van der Waals surface area contributed by atoms with Gasteiger partial charge < -0.3 is 14.9 Å². The van der Waals surface area contributed by atoms with Gasteiger partial charge in [0.05, 0.1) is 15.7 Å². The Morgan fingerprint density at radius 1 is 1.29 bits per heavy atom. The molecule has 2 aliphatic rings. The second-order valence-corrected chi connectivity index (χ2v) is 8.50. The highest BCUT2D eigenvalue weighted by Crippen LogP contribution is 2.44. The minimum Gasteiger partial charge on any atom is -0.388 e. The molecule has 0 saturated carbocycles. The first-order chi connectivity index (χ1) is 10.1. The molecule has 2 saturated heterocycles. The van der Waals surface area contributed by atoms with Crippen molar-refractivity contribution < 1.29 is 14.9 Å². The standard InChI is InChI=1S/C14H17NO3S3/c1-19-13(15)7-2-4-8(5-3-7)21-14-12-11(17)10(16)9(18-12)6-20-14/h2-5,9-12,14-17H,6H2,1H3/t9-,10-,11+,12-,14-/m1/s1. The number of fused-ring (bicyclic) bond motifs is 2. The molecule has 0 unspecified atom stereocenters. The summed E-state index contributed by atoms with van der Waals surface area (Å²) in [5.41, 5.74) is 0.913. The van der Waals surface area contributed by atoms with Gasteiger partial charge in [0.15, 0.2) is 0 Å². The lowest BCUT2D eigenvalue weighted by molar-refractivity contribution is 0.0229. The number of hydrogen-bond acceptors (Lipinski definition) is 7. The molecule has 3 N–H and O–H groups in total. The highest BCUT2D eigenvalue weighted by atomic mass is 32.2. The molecule has 2 aliphatic heterocycles. The molecule has 21 heavy (non-hydrogen) atoms. The molecule has 0 aromatic heterocycles. The van der Waals surface area contributed by atoms with E-state index in [0.29, 0.717) is 10.8 Å². The summed E-state index contributed by atoms with van der Waals surface area (Å²) in [5.74, 6) is 0.710. The molecule has 2 heterocycles. The lowest BCUT2D eigenvalue weighted by Crippen LogP contribution is -2.34. The molecule has 2 bridgehead atoms. The molecular formula is C14H17NO3S3. The molecule has 7 heteroatoms. The molecule has 1 aromatic carbocycles. The van der Waals surface area contributed by atoms with Crippen molar-refractivity contribution in [2.45, 2.75) is 33.9 Å². The van der Waals surface area contributed by atoms with Gasteiger partial charge in [0.2, 0.25) is 0 Å². The average Bonchev–Trinajstić information content (AvgIpc) is 2.75. The Hall–Kier alpha value is -0.180. The van der Waals surface area contributed by atoms with Gasteiger partial charge in [0.25, 0.3) is 0 Å². The van der Waals surface area contributed by atoms with E-state index in [1.54, 1.807) is 23.5 Å². The van der Waals surface area contributed by atoms with Crippen LogP contribution in [0.3, 0.4) is 0 Å². The van der Waals surface area contributed by atoms with Gasteiger partial charge >= 0.3 is 0 Å². The van der Waals surface area contributed by atoms with E-state index in [0.717, 1.165) is 10.5 Å². The zero-order valence-corrected chi connectivity index (χ0v) is 13.9. The highest BCUT2D eigenvalue weighted by Gasteiger charge is 2.50. The first kappa shape index (κ1) is 15.7. The normalized spacial score (nSPS) is 34.9. The number of aliphatic hydroxyl groups excluding tert-OH is 2. The predicted octanol–water partition coefficient (Wildman–Crippen LogP) is 2.03. The van der Waals surface area contributed by atoms with Gasteiger partial charge in [-0.25, -0.2) is 0 Å². The maximum absolute atomic E-state index is 10.0. The molecule has 3 rings (SSSR count). The van der Waals surface area contributed by atoms with Gasteiger partial charge in [-0.15, -0.1) is 35.3 Å². The van der Waals surface area contributed by atoms with Crippen molar-refractivity contribution in [3.8, 4) is 0 Å². The summed E-state index contributed by atoms with van der Waals surface area (Å²) in [6, 6.07) is 7.88. The topological polar surface area (TPSA) is 73.5 Å². The molecule has 4 nitrogen and oxygen atoms in total. The summed E-state index contributed by atoms with van der Waals surface area (Å²) in [6.45, 7) is 0. The Morgan fingerprint density at radius 3 is 2.67 bits per heavy atom. The van der Waals surface area contributed by atoms with Crippen molar-refractivity contribution in [2.75, 3.05) is 12.0 Å². The minimum atomic E-state index is -0.800. The van der Waals surface area contributed by atoms with E-state index >= 15 is 0 Å². The molecular weight excluding hydrogens is 326 g/mol. The second kappa shape index (κ2) is 6.52. The number of nitrogens with one attached hydrogen (secondary N) is 1. The molecule has 2 fully saturated rings. The molecule has 0 amide bonds. The van der Waals surface area contributed by atoms with Crippen molar-refractivity contribution in [3.05, 3.63) is 29.8 Å². The van der Waals surface area contributed by atoms with Crippen LogP contribution in [-0.4, -0.2) is 56.3 Å². The number of hydrogen-bond donors (Lipinski definition) is 3. The van der Waals surface area contributed by atoms with Gasteiger partial charge in [-0.3, -0.25) is 5.41 Å². The quantitative estimate of drug-likeness (QED) is 0.576. The fourth-order valence-corrected chi connectivity index (χ4v) is 5.67. The number of thioether (sulfide) groups is 3. The smallest absolute Gasteiger partial charge is 0.111 e. The zero-order chi connectivity index (χ0) is 15.0. The Morgan fingerprint density at radius 2 is 2.00 bits per heavy atom. The minimum absolute atomic E-state index is 0.0826. The third-order valence-corrected chi connectivity index (χ3v) is 7.17. The van der Waals surface area contributed by atoms with Crippen LogP contribution in [0.25, 0.3) is 0 Å². The van der Waals surface area contributed by atoms with Crippen LogP contribution in [0.5, 0.6) is 0 Å². The van der Waals surface area contributed by atoms with Gasteiger partial charge in [-0.1, -0.05) is 12.1 Å². The van der Waals surface area contributed by atoms with Crippen LogP contribution < -0.4 is 0 Å². The third kappa shape index (κ3) is 3.13. The maximum Gasteiger partial charge on any atom is 0.111 e. The molecule has 1 aromatic rings. The Balaban J connectivity index is 1.68. The summed E-state index contributed by atoms with van der Waals surface area (Å²) in [4.78, 5) is 1.08. The van der Waals surface area contributed by atoms with E-state index in [2.05, 4.69) is 0 Å². The van der Waals surface area contributed by atoms with E-state index in [1.807, 2.05) is 30.5 Å². The van der Waals surface area contributed by atoms with Crippen molar-refractivity contribution in [2.24, 2.45) is 0 Å². The Bertz CT molecular complexity index is 525. The fourth-order valence-electron chi connectivity index (χ4n) is 2.46. The maximum atomic E-state index is 10.0. The number of benzene rings is 1. The summed E-state index contributed by atoms with van der Waals surface area (Å²) in [6.07, 6.45) is -0.234. The van der Waals surface area contributed by atoms with Crippen molar-refractivity contribution in [1.29, 1.82) is 5.41 Å². The van der Waals surface area contributed by atoms with E-state index in [4.69, 9.17) is 10.1 Å². The van der Waals surface area contributed by atoms with Crippen LogP contribution in [0, 0.1) is 5.41 Å². The van der Waals surface area contributed by atoms with Crippen molar-refractivity contribution in [1.82, 2.24) is 0 Å². The van der Waals surface area contributed by atoms with Crippen molar-refractivity contribution >= 4 is 40.3 Å². The molecule has 0 spiro atoms. The van der Waals surface area contributed by atoms with E-state index in [1.165, 1.54) is 11.8 Å². The third-order valence-electron chi connectivity index (χ3n) is 3.67. The number of ether oxygens (including phenoxy) is 1. The summed E-state index contributed by atoms with van der Waals surface area (Å²) >= 11 is 4.80. The number of aliphatic hydroxyl groups is 2. The first-order valence-corrected chi connectivity index (χ1v) is 9.78. The fraction of sp³-hybridized carbons (Fsp3) is 0.500. The van der Waals surface area contributed by atoms with Crippen LogP contribution in [0.1, 0.15) is 5.56 Å². The van der Waals surface area contributed by atoms with Gasteiger partial charge in [-0.05, 0) is 18.4 Å².